The minimum Gasteiger partial charge on any atom is -0.444 e. The van der Waals surface area contributed by atoms with Gasteiger partial charge in [0.2, 0.25) is 0 Å². The molecular weight excluding hydrogens is 356 g/mol. The first-order chi connectivity index (χ1) is 12.0. The third-order valence-corrected chi connectivity index (χ3v) is 4.42. The van der Waals surface area contributed by atoms with Crippen molar-refractivity contribution in [2.24, 2.45) is 5.92 Å². The van der Waals surface area contributed by atoms with E-state index in [0.717, 1.165) is 0 Å². The number of rotatable bonds is 3. The van der Waals surface area contributed by atoms with Crippen LogP contribution < -0.4 is 0 Å². The average Bonchev–Trinajstić information content (AvgIpc) is 2.78. The van der Waals surface area contributed by atoms with E-state index < -0.39 is 5.60 Å². The third kappa shape index (κ3) is 4.90. The first kappa shape index (κ1) is 20.6. The van der Waals surface area contributed by atoms with Gasteiger partial charge in [-0.05, 0) is 33.6 Å². The number of hydrogen-bond donors (Lipinski definition) is 0. The van der Waals surface area contributed by atoms with Gasteiger partial charge in [-0.2, -0.15) is 5.10 Å². The maximum absolute atomic E-state index is 12.9. The Morgan fingerprint density at radius 2 is 1.69 bits per heavy atom. The van der Waals surface area contributed by atoms with Crippen LogP contribution in [0.4, 0.5) is 4.79 Å². The van der Waals surface area contributed by atoms with E-state index in [1.807, 2.05) is 20.8 Å². The molecule has 0 aliphatic carbocycles. The monoisotopic (exact) mass is 384 g/mol. The second-order valence-corrected chi connectivity index (χ2v) is 8.44. The predicted molar refractivity (Wildman–Crippen MR) is 101 cm³/mol. The maximum atomic E-state index is 12.9. The van der Waals surface area contributed by atoms with Gasteiger partial charge in [-0.15, -0.1) is 0 Å². The molecule has 2 heterocycles. The Kier molecular flexibility index (Phi) is 6.21. The smallest absolute Gasteiger partial charge is 0.410 e. The molecule has 0 spiro atoms. The summed E-state index contributed by atoms with van der Waals surface area (Å²) in [5.74, 6) is 0.249. The van der Waals surface area contributed by atoms with Gasteiger partial charge in [-0.3, -0.25) is 9.48 Å². The van der Waals surface area contributed by atoms with Crippen molar-refractivity contribution in [2.75, 3.05) is 26.2 Å². The summed E-state index contributed by atoms with van der Waals surface area (Å²) in [4.78, 5) is 28.4. The number of ether oxygens (including phenoxy) is 1. The lowest BCUT2D eigenvalue weighted by Crippen LogP contribution is -2.51. The fourth-order valence-corrected chi connectivity index (χ4v) is 3.16. The van der Waals surface area contributed by atoms with Crippen LogP contribution in [0.15, 0.2) is 0 Å². The molecule has 0 bridgehead atoms. The zero-order chi connectivity index (χ0) is 19.6. The lowest BCUT2D eigenvalue weighted by molar-refractivity contribution is 0.0140. The Balaban J connectivity index is 2.03. The van der Waals surface area contributed by atoms with E-state index in [1.165, 1.54) is 0 Å². The van der Waals surface area contributed by atoms with Gasteiger partial charge >= 0.3 is 6.09 Å². The van der Waals surface area contributed by atoms with Gasteiger partial charge in [0.1, 0.15) is 10.8 Å². The topological polar surface area (TPSA) is 67.7 Å². The van der Waals surface area contributed by atoms with Gasteiger partial charge < -0.3 is 14.5 Å². The van der Waals surface area contributed by atoms with Crippen molar-refractivity contribution in [1.29, 1.82) is 0 Å². The van der Waals surface area contributed by atoms with Gasteiger partial charge in [0.15, 0.2) is 0 Å². The zero-order valence-electron chi connectivity index (χ0n) is 16.5. The van der Waals surface area contributed by atoms with Crippen LogP contribution in [-0.2, 0) is 11.3 Å². The number of piperazine rings is 1. The van der Waals surface area contributed by atoms with E-state index >= 15 is 0 Å². The van der Waals surface area contributed by atoms with Crippen molar-refractivity contribution in [3.05, 3.63) is 16.4 Å². The molecule has 1 aromatic heterocycles. The Morgan fingerprint density at radius 1 is 1.15 bits per heavy atom. The molecule has 1 aliphatic heterocycles. The van der Waals surface area contributed by atoms with Crippen molar-refractivity contribution in [3.63, 3.8) is 0 Å². The minimum absolute atomic E-state index is 0.133. The van der Waals surface area contributed by atoms with Gasteiger partial charge in [-0.1, -0.05) is 25.4 Å². The van der Waals surface area contributed by atoms with Crippen LogP contribution in [0.2, 0.25) is 5.15 Å². The van der Waals surface area contributed by atoms with Crippen molar-refractivity contribution >= 4 is 23.6 Å². The Morgan fingerprint density at radius 3 is 2.19 bits per heavy atom. The fraction of sp³-hybridized carbons (Fsp3) is 0.722. The van der Waals surface area contributed by atoms with Gasteiger partial charge in [-0.25, -0.2) is 4.79 Å². The van der Waals surface area contributed by atoms with E-state index in [1.54, 1.807) is 21.4 Å². The molecule has 0 unspecified atom stereocenters. The third-order valence-electron chi connectivity index (χ3n) is 4.04. The molecular formula is C18H29ClN4O3. The van der Waals surface area contributed by atoms with Gasteiger partial charge in [0.05, 0.1) is 11.3 Å². The average molecular weight is 385 g/mol. The first-order valence-electron chi connectivity index (χ1n) is 8.99. The normalized spacial score (nSPS) is 15.5. The van der Waals surface area contributed by atoms with Crippen LogP contribution in [0, 0.1) is 12.8 Å². The molecule has 0 aromatic carbocycles. The first-order valence-corrected chi connectivity index (χ1v) is 9.37. The van der Waals surface area contributed by atoms with Crippen molar-refractivity contribution in [3.8, 4) is 0 Å². The highest BCUT2D eigenvalue weighted by atomic mass is 35.5. The van der Waals surface area contributed by atoms with Crippen molar-refractivity contribution in [1.82, 2.24) is 19.6 Å². The van der Waals surface area contributed by atoms with E-state index in [9.17, 15) is 9.59 Å². The Bertz CT molecular complexity index is 671. The zero-order valence-corrected chi connectivity index (χ0v) is 17.3. The number of nitrogens with zero attached hydrogens (tertiary/aromatic N) is 4. The van der Waals surface area contributed by atoms with Crippen LogP contribution in [0.1, 0.15) is 50.7 Å². The van der Waals surface area contributed by atoms with Crippen molar-refractivity contribution in [2.45, 2.75) is 53.7 Å². The fourth-order valence-electron chi connectivity index (χ4n) is 2.84. The van der Waals surface area contributed by atoms with E-state index in [-0.39, 0.29) is 12.0 Å². The second kappa shape index (κ2) is 7.86. The van der Waals surface area contributed by atoms with E-state index in [2.05, 4.69) is 18.9 Å². The molecule has 0 saturated carbocycles. The number of carbonyl (C=O) groups excluding carboxylic acids is 2. The molecule has 146 valence electrons. The van der Waals surface area contributed by atoms with Crippen LogP contribution in [-0.4, -0.2) is 63.4 Å². The van der Waals surface area contributed by atoms with Gasteiger partial charge in [0, 0.05) is 32.7 Å². The summed E-state index contributed by atoms with van der Waals surface area (Å²) < 4.78 is 7.07. The molecule has 1 fully saturated rings. The number of halogens is 1. The summed E-state index contributed by atoms with van der Waals surface area (Å²) in [5.41, 5.74) is 0.563. The molecule has 1 aromatic rings. The van der Waals surface area contributed by atoms with Crippen LogP contribution in [0.3, 0.4) is 0 Å². The maximum Gasteiger partial charge on any atom is 0.410 e. The molecule has 1 saturated heterocycles. The summed E-state index contributed by atoms with van der Waals surface area (Å²) in [6.45, 7) is 13.9. The molecule has 0 atom stereocenters. The SMILES string of the molecule is Cc1nn(CC(C)C)c(Cl)c1C(=O)N1CCN(C(=O)OC(C)(C)C)CC1. The Labute approximate surface area is 160 Å². The molecule has 1 aliphatic rings. The van der Waals surface area contributed by atoms with Crippen LogP contribution in [0.5, 0.6) is 0 Å². The quantitative estimate of drug-likeness (QED) is 0.802. The standard InChI is InChI=1S/C18H29ClN4O3/c1-12(2)11-23-15(19)14(13(3)20-23)16(24)21-7-9-22(10-8-21)17(25)26-18(4,5)6/h12H,7-11H2,1-6H3. The lowest BCUT2D eigenvalue weighted by Gasteiger charge is -2.35. The number of aromatic nitrogens is 2. The molecule has 0 N–H and O–H groups in total. The summed E-state index contributed by atoms with van der Waals surface area (Å²) in [6.07, 6.45) is -0.344. The largest absolute Gasteiger partial charge is 0.444 e. The molecule has 0 radical (unpaired) electrons. The lowest BCUT2D eigenvalue weighted by atomic mass is 10.2. The molecule has 7 nitrogen and oxygen atoms in total. The van der Waals surface area contributed by atoms with E-state index in [4.69, 9.17) is 16.3 Å². The summed E-state index contributed by atoms with van der Waals surface area (Å²) in [5, 5.41) is 4.79. The summed E-state index contributed by atoms with van der Waals surface area (Å²) >= 11 is 6.41. The molecule has 2 amide bonds. The Hall–Kier alpha value is -1.76. The van der Waals surface area contributed by atoms with Crippen molar-refractivity contribution < 1.29 is 14.3 Å². The number of carbonyl (C=O) groups is 2. The molecule has 8 heteroatoms. The number of hydrogen-bond acceptors (Lipinski definition) is 4. The summed E-state index contributed by atoms with van der Waals surface area (Å²) in [6, 6.07) is 0. The molecule has 2 rings (SSSR count). The van der Waals surface area contributed by atoms with E-state index in [0.29, 0.717) is 55.1 Å². The number of amides is 2. The highest BCUT2D eigenvalue weighted by Crippen LogP contribution is 2.23. The number of aryl methyl sites for hydroxylation is 1. The highest BCUT2D eigenvalue weighted by molar-refractivity contribution is 6.33. The second-order valence-electron chi connectivity index (χ2n) is 8.09. The van der Waals surface area contributed by atoms with Gasteiger partial charge in [0.25, 0.3) is 5.91 Å². The highest BCUT2D eigenvalue weighted by Gasteiger charge is 2.30. The molecule has 26 heavy (non-hydrogen) atoms. The summed E-state index contributed by atoms with van der Waals surface area (Å²) in [7, 11) is 0. The predicted octanol–water partition coefficient (Wildman–Crippen LogP) is 3.19. The van der Waals surface area contributed by atoms with Crippen LogP contribution in [0.25, 0.3) is 0 Å². The van der Waals surface area contributed by atoms with Crippen LogP contribution >= 0.6 is 11.6 Å². The minimum atomic E-state index is -0.528.